The van der Waals surface area contributed by atoms with Crippen LogP contribution in [0.4, 0.5) is 0 Å². The number of nitrogens with two attached hydrogens (primary N) is 1. The number of halogens is 1. The monoisotopic (exact) mass is 247 g/mol. The molecule has 1 aliphatic carbocycles. The van der Waals surface area contributed by atoms with Gasteiger partial charge < -0.3 is 11.1 Å². The molecular formula is C9H18BrN3. The number of amidine groups is 1. The third-order valence-corrected chi connectivity index (χ3v) is 2.71. The SMILES string of the molecule is CCNC(Br)CC(N)=NCC1CC1. The minimum Gasteiger partial charge on any atom is -0.387 e. The van der Waals surface area contributed by atoms with Gasteiger partial charge in [0.1, 0.15) is 0 Å². The van der Waals surface area contributed by atoms with Crippen molar-refractivity contribution in [2.45, 2.75) is 31.1 Å². The lowest BCUT2D eigenvalue weighted by Gasteiger charge is -2.09. The molecule has 0 radical (unpaired) electrons. The third-order valence-electron chi connectivity index (χ3n) is 2.06. The fourth-order valence-electron chi connectivity index (χ4n) is 1.09. The molecule has 0 aromatic carbocycles. The zero-order valence-electron chi connectivity index (χ0n) is 8.09. The van der Waals surface area contributed by atoms with Gasteiger partial charge in [-0.05, 0) is 25.3 Å². The van der Waals surface area contributed by atoms with Gasteiger partial charge in [-0.15, -0.1) is 0 Å². The molecule has 0 aromatic rings. The lowest BCUT2D eigenvalue weighted by molar-refractivity contribution is 0.698. The number of hydrogen-bond donors (Lipinski definition) is 2. The van der Waals surface area contributed by atoms with Crippen molar-refractivity contribution in [3.63, 3.8) is 0 Å². The summed E-state index contributed by atoms with van der Waals surface area (Å²) in [5.74, 6) is 1.58. The number of aliphatic imine (C=N–C) groups is 1. The summed E-state index contributed by atoms with van der Waals surface area (Å²) in [6.45, 7) is 3.95. The topological polar surface area (TPSA) is 50.4 Å². The van der Waals surface area contributed by atoms with Crippen LogP contribution >= 0.6 is 15.9 Å². The molecule has 0 spiro atoms. The van der Waals surface area contributed by atoms with Crippen LogP contribution in [0.1, 0.15) is 26.2 Å². The molecule has 1 atom stereocenters. The van der Waals surface area contributed by atoms with Crippen molar-refractivity contribution in [1.82, 2.24) is 5.32 Å². The highest BCUT2D eigenvalue weighted by Crippen LogP contribution is 2.28. The molecule has 3 N–H and O–H groups in total. The van der Waals surface area contributed by atoms with Crippen LogP contribution < -0.4 is 11.1 Å². The highest BCUT2D eigenvalue weighted by Gasteiger charge is 2.20. The van der Waals surface area contributed by atoms with Gasteiger partial charge in [0.2, 0.25) is 0 Å². The van der Waals surface area contributed by atoms with E-state index in [0.29, 0.717) is 0 Å². The molecule has 3 nitrogen and oxygen atoms in total. The van der Waals surface area contributed by atoms with Gasteiger partial charge in [-0.3, -0.25) is 4.99 Å². The minimum absolute atomic E-state index is 0.264. The molecule has 1 unspecified atom stereocenters. The molecule has 0 aromatic heterocycles. The highest BCUT2D eigenvalue weighted by molar-refractivity contribution is 9.09. The van der Waals surface area contributed by atoms with Crippen molar-refractivity contribution >= 4 is 21.8 Å². The van der Waals surface area contributed by atoms with Gasteiger partial charge in [0.15, 0.2) is 0 Å². The smallest absolute Gasteiger partial charge is 0.0961 e. The molecule has 0 heterocycles. The molecule has 0 bridgehead atoms. The van der Waals surface area contributed by atoms with E-state index in [9.17, 15) is 0 Å². The van der Waals surface area contributed by atoms with E-state index in [1.807, 2.05) is 0 Å². The van der Waals surface area contributed by atoms with Gasteiger partial charge in [-0.1, -0.05) is 22.9 Å². The zero-order chi connectivity index (χ0) is 9.68. The average molecular weight is 248 g/mol. The van der Waals surface area contributed by atoms with E-state index in [0.717, 1.165) is 31.3 Å². The average Bonchev–Trinajstić information content (AvgIpc) is 2.84. The number of nitrogens with zero attached hydrogens (tertiary/aromatic N) is 1. The van der Waals surface area contributed by atoms with Crippen LogP contribution in [-0.4, -0.2) is 23.9 Å². The zero-order valence-corrected chi connectivity index (χ0v) is 9.68. The van der Waals surface area contributed by atoms with Gasteiger partial charge in [0, 0.05) is 13.0 Å². The van der Waals surface area contributed by atoms with Crippen LogP contribution in [0.2, 0.25) is 0 Å². The summed E-state index contributed by atoms with van der Waals surface area (Å²) in [6.07, 6.45) is 3.46. The molecule has 13 heavy (non-hydrogen) atoms. The second-order valence-electron chi connectivity index (χ2n) is 3.50. The molecule has 1 saturated carbocycles. The summed E-state index contributed by atoms with van der Waals surface area (Å²) in [5.41, 5.74) is 5.76. The standard InChI is InChI=1S/C9H18BrN3/c1-2-12-8(10)5-9(11)13-6-7-3-4-7/h7-8,12H,2-6H2,1H3,(H2,11,13). The second-order valence-corrected chi connectivity index (χ2v) is 4.61. The van der Waals surface area contributed by atoms with Crippen molar-refractivity contribution in [1.29, 1.82) is 0 Å². The van der Waals surface area contributed by atoms with Crippen molar-refractivity contribution in [2.75, 3.05) is 13.1 Å². The maximum Gasteiger partial charge on any atom is 0.0961 e. The maximum absolute atomic E-state index is 5.76. The summed E-state index contributed by atoms with van der Waals surface area (Å²) < 4.78 is 0. The second kappa shape index (κ2) is 5.60. The summed E-state index contributed by atoms with van der Waals surface area (Å²) >= 11 is 3.49. The molecule has 1 rings (SSSR count). The van der Waals surface area contributed by atoms with Gasteiger partial charge in [0.25, 0.3) is 0 Å². The van der Waals surface area contributed by atoms with Crippen LogP contribution in [0, 0.1) is 5.92 Å². The number of alkyl halides is 1. The summed E-state index contributed by atoms with van der Waals surface area (Å²) in [7, 11) is 0. The third kappa shape index (κ3) is 5.26. The Morgan fingerprint density at radius 3 is 2.92 bits per heavy atom. The first kappa shape index (κ1) is 11.0. The van der Waals surface area contributed by atoms with E-state index < -0.39 is 0 Å². The molecule has 0 aliphatic heterocycles. The van der Waals surface area contributed by atoms with E-state index in [2.05, 4.69) is 33.2 Å². The van der Waals surface area contributed by atoms with Crippen molar-refractivity contribution < 1.29 is 0 Å². The first-order chi connectivity index (χ1) is 6.22. The molecule has 1 aliphatic rings. The molecule has 0 amide bonds. The Bertz CT molecular complexity index is 178. The van der Waals surface area contributed by atoms with Crippen LogP contribution in [0.25, 0.3) is 0 Å². The molecule has 1 fully saturated rings. The Morgan fingerprint density at radius 1 is 1.69 bits per heavy atom. The summed E-state index contributed by atoms with van der Waals surface area (Å²) in [6, 6.07) is 0. The van der Waals surface area contributed by atoms with Crippen molar-refractivity contribution in [3.05, 3.63) is 0 Å². The Kier molecular flexibility index (Phi) is 4.73. The molecule has 76 valence electrons. The van der Waals surface area contributed by atoms with Gasteiger partial charge in [-0.2, -0.15) is 0 Å². The van der Waals surface area contributed by atoms with Gasteiger partial charge >= 0.3 is 0 Å². The summed E-state index contributed by atoms with van der Waals surface area (Å²) in [5, 5.41) is 3.24. The number of nitrogens with one attached hydrogen (secondary N) is 1. The van der Waals surface area contributed by atoms with E-state index >= 15 is 0 Å². The maximum atomic E-state index is 5.76. The van der Waals surface area contributed by atoms with Gasteiger partial charge in [0.05, 0.1) is 10.8 Å². The number of rotatable bonds is 6. The quantitative estimate of drug-likeness (QED) is 0.324. The molecule has 0 saturated heterocycles. The van der Waals surface area contributed by atoms with Crippen molar-refractivity contribution in [3.8, 4) is 0 Å². The van der Waals surface area contributed by atoms with Gasteiger partial charge in [-0.25, -0.2) is 0 Å². The Balaban J connectivity index is 2.13. The number of hydrogen-bond acceptors (Lipinski definition) is 2. The van der Waals surface area contributed by atoms with Crippen LogP contribution in [-0.2, 0) is 0 Å². The minimum atomic E-state index is 0.264. The van der Waals surface area contributed by atoms with E-state index in [-0.39, 0.29) is 4.95 Å². The fourth-order valence-corrected chi connectivity index (χ4v) is 1.74. The first-order valence-corrected chi connectivity index (χ1v) is 5.80. The first-order valence-electron chi connectivity index (χ1n) is 4.88. The Morgan fingerprint density at radius 2 is 2.38 bits per heavy atom. The summed E-state index contributed by atoms with van der Waals surface area (Å²) in [4.78, 5) is 4.60. The predicted octanol–water partition coefficient (Wildman–Crippen LogP) is 1.47. The Labute approximate surface area is 88.3 Å². The van der Waals surface area contributed by atoms with E-state index in [1.54, 1.807) is 0 Å². The van der Waals surface area contributed by atoms with Crippen molar-refractivity contribution in [2.24, 2.45) is 16.6 Å². The normalized spacial score (nSPS) is 20.3. The lowest BCUT2D eigenvalue weighted by atomic mass is 10.3. The fraction of sp³-hybridized carbons (Fsp3) is 0.889. The largest absolute Gasteiger partial charge is 0.387 e. The van der Waals surface area contributed by atoms with Crippen LogP contribution in [0.15, 0.2) is 4.99 Å². The van der Waals surface area contributed by atoms with Crippen LogP contribution in [0.5, 0.6) is 0 Å². The Hall–Kier alpha value is -0.0900. The van der Waals surface area contributed by atoms with E-state index in [4.69, 9.17) is 5.73 Å². The van der Waals surface area contributed by atoms with E-state index in [1.165, 1.54) is 12.8 Å². The molecular weight excluding hydrogens is 230 g/mol. The lowest BCUT2D eigenvalue weighted by Crippen LogP contribution is -2.28. The highest BCUT2D eigenvalue weighted by atomic mass is 79.9. The predicted molar refractivity (Wildman–Crippen MR) is 60.2 cm³/mol. The van der Waals surface area contributed by atoms with Crippen LogP contribution in [0.3, 0.4) is 0 Å². The molecule has 4 heteroatoms.